The minimum Gasteiger partial charge on any atom is -0.484 e. The Kier molecular flexibility index (Phi) is 6.01. The third kappa shape index (κ3) is 6.95. The smallest absolute Gasteiger partial charge is 0.422 e. The minimum atomic E-state index is -4.38. The van der Waals surface area contributed by atoms with Gasteiger partial charge in [-0.2, -0.15) is 25.8 Å². The summed E-state index contributed by atoms with van der Waals surface area (Å²) in [7, 11) is 0. The van der Waals surface area contributed by atoms with E-state index in [4.69, 9.17) is 0 Å². The lowest BCUT2D eigenvalue weighted by Crippen LogP contribution is -2.26. The van der Waals surface area contributed by atoms with Crippen molar-refractivity contribution < 1.29 is 22.7 Å². The van der Waals surface area contributed by atoms with Gasteiger partial charge in [-0.1, -0.05) is 12.1 Å². The average molecular weight is 293 g/mol. The zero-order chi connectivity index (χ0) is 14.3. The molecule has 1 aromatic rings. The van der Waals surface area contributed by atoms with Gasteiger partial charge in [0.25, 0.3) is 0 Å². The zero-order valence-electron chi connectivity index (χ0n) is 10.0. The first kappa shape index (κ1) is 15.7. The largest absolute Gasteiger partial charge is 0.484 e. The van der Waals surface area contributed by atoms with Gasteiger partial charge >= 0.3 is 6.18 Å². The van der Waals surface area contributed by atoms with Crippen LogP contribution in [0.25, 0.3) is 0 Å². The van der Waals surface area contributed by atoms with E-state index >= 15 is 0 Å². The van der Waals surface area contributed by atoms with Crippen LogP contribution in [0, 0.1) is 0 Å². The second-order valence-electron chi connectivity index (χ2n) is 3.80. The Bertz CT molecular complexity index is 424. The summed E-state index contributed by atoms with van der Waals surface area (Å²) < 4.78 is 40.6. The van der Waals surface area contributed by atoms with Crippen molar-refractivity contribution in [1.29, 1.82) is 0 Å². The lowest BCUT2D eigenvalue weighted by atomic mass is 10.1. The van der Waals surface area contributed by atoms with Crippen LogP contribution in [0.5, 0.6) is 5.75 Å². The number of nitrogens with one attached hydrogen (secondary N) is 1. The van der Waals surface area contributed by atoms with Crippen LogP contribution < -0.4 is 10.1 Å². The molecule has 0 atom stereocenters. The number of thiol groups is 1. The van der Waals surface area contributed by atoms with Crippen molar-refractivity contribution in [3.05, 3.63) is 29.8 Å². The Hall–Kier alpha value is -1.37. The fraction of sp³-hybridized carbons (Fsp3) is 0.417. The van der Waals surface area contributed by atoms with Crippen LogP contribution in [0.2, 0.25) is 0 Å². The molecule has 0 spiro atoms. The van der Waals surface area contributed by atoms with Crippen molar-refractivity contribution in [2.75, 3.05) is 18.9 Å². The molecule has 1 rings (SSSR count). The molecule has 19 heavy (non-hydrogen) atoms. The topological polar surface area (TPSA) is 38.3 Å². The number of ether oxygens (including phenoxy) is 1. The fourth-order valence-electron chi connectivity index (χ4n) is 1.35. The first-order chi connectivity index (χ1) is 8.90. The van der Waals surface area contributed by atoms with Gasteiger partial charge < -0.3 is 10.1 Å². The molecule has 0 bridgehead atoms. The van der Waals surface area contributed by atoms with Gasteiger partial charge in [-0.3, -0.25) is 4.79 Å². The molecule has 0 saturated heterocycles. The molecule has 0 aliphatic rings. The van der Waals surface area contributed by atoms with E-state index in [0.717, 1.165) is 0 Å². The Morgan fingerprint density at radius 2 is 2.11 bits per heavy atom. The molecule has 0 heterocycles. The second-order valence-corrected chi connectivity index (χ2v) is 4.25. The first-order valence-corrected chi connectivity index (χ1v) is 6.20. The van der Waals surface area contributed by atoms with E-state index in [1.165, 1.54) is 12.1 Å². The Labute approximate surface area is 114 Å². The van der Waals surface area contributed by atoms with Crippen molar-refractivity contribution in [3.8, 4) is 5.75 Å². The number of hydrogen-bond acceptors (Lipinski definition) is 3. The van der Waals surface area contributed by atoms with E-state index in [1.54, 1.807) is 12.1 Å². The zero-order valence-corrected chi connectivity index (χ0v) is 10.9. The monoisotopic (exact) mass is 293 g/mol. The van der Waals surface area contributed by atoms with Crippen molar-refractivity contribution in [1.82, 2.24) is 5.32 Å². The molecule has 0 aliphatic carbocycles. The lowest BCUT2D eigenvalue weighted by Gasteiger charge is -2.10. The molecular weight excluding hydrogens is 279 g/mol. The molecule has 1 amide bonds. The van der Waals surface area contributed by atoms with Crippen molar-refractivity contribution in [3.63, 3.8) is 0 Å². The summed E-state index contributed by atoms with van der Waals surface area (Å²) in [5, 5.41) is 2.62. The maximum atomic E-state index is 12.0. The number of halogens is 3. The van der Waals surface area contributed by atoms with E-state index < -0.39 is 12.8 Å². The number of carbonyl (C=O) groups is 1. The van der Waals surface area contributed by atoms with E-state index in [2.05, 4.69) is 22.7 Å². The van der Waals surface area contributed by atoms with Crippen LogP contribution in [0.3, 0.4) is 0 Å². The molecule has 106 valence electrons. The van der Waals surface area contributed by atoms with Gasteiger partial charge in [-0.25, -0.2) is 0 Å². The van der Waals surface area contributed by atoms with Gasteiger partial charge in [-0.05, 0) is 17.7 Å². The molecule has 7 heteroatoms. The quantitative estimate of drug-likeness (QED) is 0.789. The summed E-state index contributed by atoms with van der Waals surface area (Å²) >= 11 is 3.95. The van der Waals surface area contributed by atoms with Crippen LogP contribution >= 0.6 is 12.6 Å². The first-order valence-electron chi connectivity index (χ1n) is 5.57. The number of hydrogen-bond donors (Lipinski definition) is 2. The van der Waals surface area contributed by atoms with E-state index in [-0.39, 0.29) is 18.1 Å². The van der Waals surface area contributed by atoms with E-state index in [0.29, 0.717) is 17.9 Å². The third-order valence-corrected chi connectivity index (χ3v) is 2.32. The standard InChI is InChI=1S/C12H14F3NO2S/c13-12(14,15)8-18-10-3-1-2-9(6-10)7-11(17)16-4-5-19/h1-3,6,19H,4-5,7-8H2,(H,16,17). The van der Waals surface area contributed by atoms with Crippen LogP contribution in [-0.2, 0) is 11.2 Å². The number of alkyl halides is 3. The van der Waals surface area contributed by atoms with Crippen molar-refractivity contribution >= 4 is 18.5 Å². The van der Waals surface area contributed by atoms with Crippen molar-refractivity contribution in [2.24, 2.45) is 0 Å². The third-order valence-electron chi connectivity index (χ3n) is 2.10. The fourth-order valence-corrected chi connectivity index (χ4v) is 1.47. The van der Waals surface area contributed by atoms with E-state index in [9.17, 15) is 18.0 Å². The van der Waals surface area contributed by atoms with Gasteiger partial charge in [0.1, 0.15) is 5.75 Å². The van der Waals surface area contributed by atoms with Gasteiger partial charge in [-0.15, -0.1) is 0 Å². The summed E-state index contributed by atoms with van der Waals surface area (Å²) in [5.41, 5.74) is 0.594. The summed E-state index contributed by atoms with van der Waals surface area (Å²) in [4.78, 5) is 11.4. The highest BCUT2D eigenvalue weighted by Gasteiger charge is 2.28. The number of amides is 1. The predicted molar refractivity (Wildman–Crippen MR) is 68.6 cm³/mol. The summed E-state index contributed by atoms with van der Waals surface area (Å²) in [6.45, 7) is -0.894. The Morgan fingerprint density at radius 1 is 1.37 bits per heavy atom. The summed E-state index contributed by atoms with van der Waals surface area (Å²) in [6, 6.07) is 6.04. The minimum absolute atomic E-state index is 0.0942. The van der Waals surface area contributed by atoms with Crippen LogP contribution in [0.4, 0.5) is 13.2 Å². The normalized spacial score (nSPS) is 11.2. The maximum absolute atomic E-state index is 12.0. The van der Waals surface area contributed by atoms with Crippen molar-refractivity contribution in [2.45, 2.75) is 12.6 Å². The van der Waals surface area contributed by atoms with Gasteiger partial charge in [0, 0.05) is 12.3 Å². The van der Waals surface area contributed by atoms with E-state index in [1.807, 2.05) is 0 Å². The van der Waals surface area contributed by atoms with Gasteiger partial charge in [0.2, 0.25) is 5.91 Å². The highest BCUT2D eigenvalue weighted by Crippen LogP contribution is 2.19. The summed E-state index contributed by atoms with van der Waals surface area (Å²) in [5.74, 6) is 0.416. The predicted octanol–water partition coefficient (Wildman–Crippen LogP) is 2.22. The molecule has 3 nitrogen and oxygen atoms in total. The molecule has 1 N–H and O–H groups in total. The highest BCUT2D eigenvalue weighted by molar-refractivity contribution is 7.80. The van der Waals surface area contributed by atoms with Gasteiger partial charge in [0.15, 0.2) is 6.61 Å². The highest BCUT2D eigenvalue weighted by atomic mass is 32.1. The van der Waals surface area contributed by atoms with Gasteiger partial charge in [0.05, 0.1) is 6.42 Å². The second kappa shape index (κ2) is 7.28. The molecule has 0 aromatic heterocycles. The Balaban J connectivity index is 2.54. The molecular formula is C12H14F3NO2S. The lowest BCUT2D eigenvalue weighted by molar-refractivity contribution is -0.153. The van der Waals surface area contributed by atoms with Crippen LogP contribution in [0.1, 0.15) is 5.56 Å². The SMILES string of the molecule is O=C(Cc1cccc(OCC(F)(F)F)c1)NCCS. The van der Waals surface area contributed by atoms with Crippen LogP contribution in [0.15, 0.2) is 24.3 Å². The van der Waals surface area contributed by atoms with Crippen LogP contribution in [-0.4, -0.2) is 31.0 Å². The average Bonchev–Trinajstić information content (AvgIpc) is 2.33. The summed E-state index contributed by atoms with van der Waals surface area (Å²) in [6.07, 6.45) is -4.28. The molecule has 0 radical (unpaired) electrons. The molecule has 0 aliphatic heterocycles. The molecule has 0 fully saturated rings. The molecule has 1 aromatic carbocycles. The molecule has 0 saturated carbocycles. The number of rotatable bonds is 6. The maximum Gasteiger partial charge on any atom is 0.422 e. The number of benzene rings is 1. The molecule has 0 unspecified atom stereocenters. The number of carbonyl (C=O) groups excluding carboxylic acids is 1. The Morgan fingerprint density at radius 3 is 2.74 bits per heavy atom.